The van der Waals surface area contributed by atoms with E-state index in [9.17, 15) is 4.79 Å². The smallest absolute Gasteiger partial charge is 0.304 e. The number of hydrogen-bond acceptors (Lipinski definition) is 5. The highest BCUT2D eigenvalue weighted by molar-refractivity contribution is 5.75. The van der Waals surface area contributed by atoms with Crippen LogP contribution in [0.5, 0.6) is 11.8 Å². The van der Waals surface area contributed by atoms with Gasteiger partial charge in [0.25, 0.3) is 5.56 Å². The molecular formula is C18H11N5O2. The number of ether oxygens (including phenoxy) is 1. The van der Waals surface area contributed by atoms with E-state index < -0.39 is 0 Å². The number of nitriles is 1. The number of aromatic amines is 1. The second-order valence-electron chi connectivity index (χ2n) is 5.24. The Kier molecular flexibility index (Phi) is 3.48. The Bertz CT molecular complexity index is 1140. The Morgan fingerprint density at radius 3 is 2.56 bits per heavy atom. The molecule has 0 unspecified atom stereocenters. The predicted octanol–water partition coefficient (Wildman–Crippen LogP) is 2.77. The molecule has 4 rings (SSSR count). The molecule has 0 saturated carbocycles. The van der Waals surface area contributed by atoms with E-state index in [1.54, 1.807) is 28.9 Å². The lowest BCUT2D eigenvalue weighted by atomic mass is 10.2. The van der Waals surface area contributed by atoms with E-state index in [1.807, 2.05) is 36.4 Å². The summed E-state index contributed by atoms with van der Waals surface area (Å²) in [4.78, 5) is 19.2. The number of benzene rings is 2. The number of nitrogens with zero attached hydrogens (tertiary/aromatic N) is 4. The molecular weight excluding hydrogens is 318 g/mol. The third kappa shape index (κ3) is 2.72. The summed E-state index contributed by atoms with van der Waals surface area (Å²) >= 11 is 0. The summed E-state index contributed by atoms with van der Waals surface area (Å²) < 4.78 is 7.19. The lowest BCUT2D eigenvalue weighted by Gasteiger charge is -2.06. The van der Waals surface area contributed by atoms with Crippen LogP contribution in [0.25, 0.3) is 16.7 Å². The van der Waals surface area contributed by atoms with E-state index in [0.29, 0.717) is 22.3 Å². The van der Waals surface area contributed by atoms with Crippen molar-refractivity contribution in [1.29, 1.82) is 5.26 Å². The molecule has 1 N–H and O–H groups in total. The number of nitrogens with one attached hydrogen (secondary N) is 1. The molecule has 0 amide bonds. The van der Waals surface area contributed by atoms with E-state index in [2.05, 4.69) is 15.1 Å². The summed E-state index contributed by atoms with van der Waals surface area (Å²) in [7, 11) is 0. The van der Waals surface area contributed by atoms with E-state index in [4.69, 9.17) is 10.00 Å². The van der Waals surface area contributed by atoms with Gasteiger partial charge in [-0.1, -0.05) is 18.2 Å². The van der Waals surface area contributed by atoms with Crippen LogP contribution in [0.4, 0.5) is 0 Å². The van der Waals surface area contributed by atoms with Gasteiger partial charge in [-0.2, -0.15) is 15.3 Å². The minimum atomic E-state index is -0.337. The van der Waals surface area contributed by atoms with E-state index in [1.165, 1.54) is 6.20 Å². The zero-order valence-electron chi connectivity index (χ0n) is 12.9. The highest BCUT2D eigenvalue weighted by Gasteiger charge is 2.12. The molecule has 0 aliphatic carbocycles. The first-order valence-corrected chi connectivity index (χ1v) is 7.46. The first-order valence-electron chi connectivity index (χ1n) is 7.46. The third-order valence-corrected chi connectivity index (χ3v) is 3.62. The fourth-order valence-electron chi connectivity index (χ4n) is 2.41. The van der Waals surface area contributed by atoms with Gasteiger partial charge in [-0.15, -0.1) is 0 Å². The molecule has 0 bridgehead atoms. The maximum atomic E-state index is 12.3. The molecule has 2 aromatic heterocycles. The lowest BCUT2D eigenvalue weighted by Crippen LogP contribution is -2.10. The number of para-hydroxylation sites is 1. The van der Waals surface area contributed by atoms with Crippen molar-refractivity contribution in [2.24, 2.45) is 0 Å². The van der Waals surface area contributed by atoms with Crippen LogP contribution < -0.4 is 10.3 Å². The van der Waals surface area contributed by atoms with Crippen molar-refractivity contribution in [3.63, 3.8) is 0 Å². The van der Waals surface area contributed by atoms with Crippen molar-refractivity contribution < 1.29 is 4.74 Å². The summed E-state index contributed by atoms with van der Waals surface area (Å²) in [6.07, 6.45) is 1.47. The Balaban J connectivity index is 1.78. The molecule has 7 nitrogen and oxygen atoms in total. The zero-order chi connectivity index (χ0) is 17.2. The average molecular weight is 329 g/mol. The Hall–Kier alpha value is -3.92. The van der Waals surface area contributed by atoms with Gasteiger partial charge in [0.15, 0.2) is 5.65 Å². The summed E-state index contributed by atoms with van der Waals surface area (Å²) in [5.41, 5.74) is 1.38. The third-order valence-electron chi connectivity index (χ3n) is 3.62. The van der Waals surface area contributed by atoms with Crippen molar-refractivity contribution in [1.82, 2.24) is 19.7 Å². The number of rotatable bonds is 3. The second-order valence-corrected chi connectivity index (χ2v) is 5.24. The van der Waals surface area contributed by atoms with Crippen LogP contribution in [0.1, 0.15) is 5.56 Å². The molecule has 4 aromatic rings. The number of hydrogen-bond donors (Lipinski definition) is 1. The van der Waals surface area contributed by atoms with Crippen molar-refractivity contribution >= 4 is 11.0 Å². The minimum absolute atomic E-state index is 0.0555. The first-order chi connectivity index (χ1) is 12.2. The van der Waals surface area contributed by atoms with Gasteiger partial charge in [0.05, 0.1) is 23.5 Å². The molecule has 2 heterocycles. The van der Waals surface area contributed by atoms with E-state index >= 15 is 0 Å². The normalized spacial score (nSPS) is 10.5. The molecule has 0 atom stereocenters. The molecule has 0 aliphatic heterocycles. The van der Waals surface area contributed by atoms with Crippen molar-refractivity contribution in [2.45, 2.75) is 0 Å². The maximum Gasteiger partial charge on any atom is 0.304 e. The molecule has 120 valence electrons. The number of aromatic nitrogens is 4. The van der Waals surface area contributed by atoms with Gasteiger partial charge in [0.1, 0.15) is 11.1 Å². The Labute approximate surface area is 141 Å². The molecule has 0 saturated heterocycles. The number of fused-ring (bicyclic) bond motifs is 1. The highest BCUT2D eigenvalue weighted by Crippen LogP contribution is 2.20. The fraction of sp³-hybridized carbons (Fsp3) is 0. The molecule has 25 heavy (non-hydrogen) atoms. The second kappa shape index (κ2) is 5.94. The summed E-state index contributed by atoms with van der Waals surface area (Å²) in [5.74, 6) is 0.465. The topological polar surface area (TPSA) is 96.6 Å². The molecule has 7 heteroatoms. The van der Waals surface area contributed by atoms with Crippen LogP contribution in [-0.4, -0.2) is 19.7 Å². The van der Waals surface area contributed by atoms with Crippen LogP contribution in [0.2, 0.25) is 0 Å². The first kappa shape index (κ1) is 14.7. The van der Waals surface area contributed by atoms with E-state index in [0.717, 1.165) is 5.69 Å². The van der Waals surface area contributed by atoms with Crippen LogP contribution in [0.3, 0.4) is 0 Å². The lowest BCUT2D eigenvalue weighted by molar-refractivity contribution is 0.442. The molecule has 0 aliphatic rings. The number of H-pyrrole nitrogens is 1. The molecule has 2 aromatic carbocycles. The SMILES string of the molecule is N#Cc1ccc(Oc2nc3c(cnn3-c3ccccc3)c(=O)[nH]2)cc1. The van der Waals surface area contributed by atoms with Gasteiger partial charge >= 0.3 is 6.01 Å². The zero-order valence-corrected chi connectivity index (χ0v) is 12.9. The van der Waals surface area contributed by atoms with Gasteiger partial charge in [-0.25, -0.2) is 4.68 Å². The summed E-state index contributed by atoms with van der Waals surface area (Å²) in [5, 5.41) is 13.4. The highest BCUT2D eigenvalue weighted by atomic mass is 16.5. The fourth-order valence-corrected chi connectivity index (χ4v) is 2.41. The minimum Gasteiger partial charge on any atom is -0.426 e. The maximum absolute atomic E-state index is 12.3. The van der Waals surface area contributed by atoms with Gasteiger partial charge in [-0.05, 0) is 36.4 Å². The van der Waals surface area contributed by atoms with Gasteiger partial charge in [0.2, 0.25) is 0 Å². The van der Waals surface area contributed by atoms with Gasteiger partial charge in [-0.3, -0.25) is 9.78 Å². The monoisotopic (exact) mass is 329 g/mol. The van der Waals surface area contributed by atoms with Crippen molar-refractivity contribution in [3.8, 4) is 23.5 Å². The van der Waals surface area contributed by atoms with Crippen molar-refractivity contribution in [2.75, 3.05) is 0 Å². The van der Waals surface area contributed by atoms with Crippen LogP contribution in [0.15, 0.2) is 65.6 Å². The van der Waals surface area contributed by atoms with Crippen LogP contribution >= 0.6 is 0 Å². The van der Waals surface area contributed by atoms with Gasteiger partial charge in [0, 0.05) is 0 Å². The van der Waals surface area contributed by atoms with Crippen molar-refractivity contribution in [3.05, 3.63) is 76.7 Å². The van der Waals surface area contributed by atoms with Gasteiger partial charge < -0.3 is 4.74 Å². The summed E-state index contributed by atoms with van der Waals surface area (Å²) in [6.45, 7) is 0. The molecule has 0 radical (unpaired) electrons. The van der Waals surface area contributed by atoms with E-state index in [-0.39, 0.29) is 11.6 Å². The average Bonchev–Trinajstić information content (AvgIpc) is 3.07. The summed E-state index contributed by atoms with van der Waals surface area (Å²) in [6, 6.07) is 18.0. The molecule has 0 fully saturated rings. The Morgan fingerprint density at radius 1 is 1.08 bits per heavy atom. The quantitative estimate of drug-likeness (QED) is 0.623. The molecule has 0 spiro atoms. The standard InChI is InChI=1S/C18H11N5O2/c19-10-12-6-8-14(9-7-12)25-18-21-16-15(17(24)22-18)11-20-23(16)13-4-2-1-3-5-13/h1-9,11H,(H,21,22,24). The van der Waals surface area contributed by atoms with Crippen LogP contribution in [-0.2, 0) is 0 Å². The van der Waals surface area contributed by atoms with Crippen LogP contribution in [0, 0.1) is 11.3 Å². The Morgan fingerprint density at radius 2 is 1.84 bits per heavy atom. The predicted molar refractivity (Wildman–Crippen MR) is 90.7 cm³/mol. The largest absolute Gasteiger partial charge is 0.426 e.